The van der Waals surface area contributed by atoms with Gasteiger partial charge in [0.15, 0.2) is 0 Å². The van der Waals surface area contributed by atoms with Gasteiger partial charge in [-0.3, -0.25) is 0 Å². The molecule has 1 atom stereocenters. The molecular formula is C11H14F2N2O2S. The topological polar surface area (TPSA) is 58.2 Å². The van der Waals surface area contributed by atoms with Gasteiger partial charge in [-0.25, -0.2) is 21.9 Å². The summed E-state index contributed by atoms with van der Waals surface area (Å²) in [6, 6.07) is 2.41. The first-order valence-corrected chi connectivity index (χ1v) is 7.00. The molecule has 0 aromatic heterocycles. The number of nitrogens with one attached hydrogen (secondary N) is 2. The Balaban J connectivity index is 2.30. The van der Waals surface area contributed by atoms with E-state index in [2.05, 4.69) is 10.0 Å². The van der Waals surface area contributed by atoms with Crippen LogP contribution in [-0.2, 0) is 10.0 Å². The fourth-order valence-corrected chi connectivity index (χ4v) is 3.47. The zero-order valence-electron chi connectivity index (χ0n) is 9.83. The largest absolute Gasteiger partial charge is 0.315 e. The van der Waals surface area contributed by atoms with E-state index in [0.29, 0.717) is 25.6 Å². The average Bonchev–Trinajstić information content (AvgIpc) is 2.62. The first kappa shape index (κ1) is 13.4. The van der Waals surface area contributed by atoms with E-state index in [-0.39, 0.29) is 0 Å². The standard InChI is InChI=1S/C11H14F2N2O2S/c1-11(4-5-14-7-11)15-18(16,17)10-3-2-8(12)6-9(10)13/h2-3,6,14-15H,4-5,7H2,1H3. The third kappa shape index (κ3) is 2.68. The summed E-state index contributed by atoms with van der Waals surface area (Å²) in [5.41, 5.74) is -0.639. The Kier molecular flexibility index (Phi) is 3.39. The van der Waals surface area contributed by atoms with Gasteiger partial charge in [0.2, 0.25) is 10.0 Å². The molecule has 0 radical (unpaired) electrons. The van der Waals surface area contributed by atoms with Gasteiger partial charge in [0, 0.05) is 18.2 Å². The molecule has 0 aliphatic carbocycles. The average molecular weight is 276 g/mol. The molecule has 0 spiro atoms. The van der Waals surface area contributed by atoms with E-state index in [0.717, 1.165) is 12.1 Å². The Morgan fingerprint density at radius 1 is 1.39 bits per heavy atom. The molecule has 100 valence electrons. The van der Waals surface area contributed by atoms with Crippen LogP contribution in [0, 0.1) is 11.6 Å². The van der Waals surface area contributed by atoms with Crippen molar-refractivity contribution < 1.29 is 17.2 Å². The SMILES string of the molecule is CC1(NS(=O)(=O)c2ccc(F)cc2F)CCNC1. The van der Waals surface area contributed by atoms with Gasteiger partial charge in [-0.2, -0.15) is 0 Å². The third-order valence-electron chi connectivity index (χ3n) is 2.93. The second kappa shape index (κ2) is 4.56. The van der Waals surface area contributed by atoms with E-state index in [4.69, 9.17) is 0 Å². The Bertz CT molecular complexity index is 554. The summed E-state index contributed by atoms with van der Waals surface area (Å²) in [4.78, 5) is -0.531. The molecular weight excluding hydrogens is 262 g/mol. The highest BCUT2D eigenvalue weighted by Gasteiger charge is 2.34. The minimum Gasteiger partial charge on any atom is -0.315 e. The normalized spacial score (nSPS) is 24.4. The summed E-state index contributed by atoms with van der Waals surface area (Å²) in [6.45, 7) is 2.92. The molecule has 1 aliphatic heterocycles. The van der Waals surface area contributed by atoms with Crippen LogP contribution in [0.25, 0.3) is 0 Å². The van der Waals surface area contributed by atoms with Gasteiger partial charge in [-0.05, 0) is 32.0 Å². The van der Waals surface area contributed by atoms with Gasteiger partial charge in [-0.1, -0.05) is 0 Å². The van der Waals surface area contributed by atoms with Crippen molar-refractivity contribution in [3.8, 4) is 0 Å². The summed E-state index contributed by atoms with van der Waals surface area (Å²) < 4.78 is 52.7. The molecule has 1 heterocycles. The lowest BCUT2D eigenvalue weighted by atomic mass is 10.0. The number of halogens is 2. The molecule has 1 unspecified atom stereocenters. The summed E-state index contributed by atoms with van der Waals surface area (Å²) >= 11 is 0. The summed E-state index contributed by atoms with van der Waals surface area (Å²) in [5, 5.41) is 3.03. The minimum absolute atomic E-state index is 0.481. The van der Waals surface area contributed by atoms with E-state index >= 15 is 0 Å². The molecule has 2 rings (SSSR count). The number of hydrogen-bond donors (Lipinski definition) is 2. The Labute approximate surface area is 104 Å². The summed E-state index contributed by atoms with van der Waals surface area (Å²) in [5.74, 6) is -1.89. The van der Waals surface area contributed by atoms with Crippen molar-refractivity contribution in [1.29, 1.82) is 0 Å². The van der Waals surface area contributed by atoms with Gasteiger partial charge < -0.3 is 5.32 Å². The monoisotopic (exact) mass is 276 g/mol. The molecule has 7 heteroatoms. The third-order valence-corrected chi connectivity index (χ3v) is 4.60. The summed E-state index contributed by atoms with van der Waals surface area (Å²) in [7, 11) is -3.98. The molecule has 0 amide bonds. The lowest BCUT2D eigenvalue weighted by Crippen LogP contribution is -2.47. The van der Waals surface area contributed by atoms with E-state index in [1.807, 2.05) is 0 Å². The molecule has 2 N–H and O–H groups in total. The predicted molar refractivity (Wildman–Crippen MR) is 62.6 cm³/mol. The second-order valence-electron chi connectivity index (χ2n) is 4.67. The van der Waals surface area contributed by atoms with Gasteiger partial charge in [0.1, 0.15) is 16.5 Å². The first-order chi connectivity index (χ1) is 8.32. The maximum atomic E-state index is 13.5. The van der Waals surface area contributed by atoms with Crippen LogP contribution in [0.4, 0.5) is 8.78 Å². The summed E-state index contributed by atoms with van der Waals surface area (Å²) in [6.07, 6.45) is 0.620. The van der Waals surface area contributed by atoms with Gasteiger partial charge >= 0.3 is 0 Å². The minimum atomic E-state index is -3.98. The molecule has 18 heavy (non-hydrogen) atoms. The maximum absolute atomic E-state index is 13.5. The van der Waals surface area contributed by atoms with Crippen LogP contribution in [0.2, 0.25) is 0 Å². The number of sulfonamides is 1. The predicted octanol–water partition coefficient (Wildman–Crippen LogP) is 0.995. The van der Waals surface area contributed by atoms with Crippen molar-refractivity contribution in [2.75, 3.05) is 13.1 Å². The van der Waals surface area contributed by atoms with Crippen molar-refractivity contribution in [3.63, 3.8) is 0 Å². The molecule has 0 saturated carbocycles. The number of benzene rings is 1. The fraction of sp³-hybridized carbons (Fsp3) is 0.455. The zero-order valence-corrected chi connectivity index (χ0v) is 10.7. The van der Waals surface area contributed by atoms with Crippen molar-refractivity contribution in [2.45, 2.75) is 23.8 Å². The molecule has 4 nitrogen and oxygen atoms in total. The van der Waals surface area contributed by atoms with Crippen molar-refractivity contribution in [2.24, 2.45) is 0 Å². The van der Waals surface area contributed by atoms with Gasteiger partial charge in [-0.15, -0.1) is 0 Å². The van der Waals surface area contributed by atoms with Gasteiger partial charge in [0.25, 0.3) is 0 Å². The van der Waals surface area contributed by atoms with E-state index in [1.54, 1.807) is 6.92 Å². The second-order valence-corrected chi connectivity index (χ2v) is 6.32. The highest BCUT2D eigenvalue weighted by molar-refractivity contribution is 7.89. The smallest absolute Gasteiger partial charge is 0.244 e. The fourth-order valence-electron chi connectivity index (χ4n) is 1.98. The highest BCUT2D eigenvalue weighted by atomic mass is 32.2. The van der Waals surface area contributed by atoms with Crippen LogP contribution in [0.5, 0.6) is 0 Å². The van der Waals surface area contributed by atoms with Crippen LogP contribution in [0.1, 0.15) is 13.3 Å². The molecule has 1 aromatic rings. The van der Waals surface area contributed by atoms with Crippen LogP contribution in [0.3, 0.4) is 0 Å². The van der Waals surface area contributed by atoms with Crippen molar-refractivity contribution in [3.05, 3.63) is 29.8 Å². The van der Waals surface area contributed by atoms with Gasteiger partial charge in [0.05, 0.1) is 0 Å². The molecule has 1 aliphatic rings. The van der Waals surface area contributed by atoms with Crippen LogP contribution >= 0.6 is 0 Å². The van der Waals surface area contributed by atoms with Crippen molar-refractivity contribution >= 4 is 10.0 Å². The van der Waals surface area contributed by atoms with E-state index in [1.165, 1.54) is 0 Å². The first-order valence-electron chi connectivity index (χ1n) is 5.52. The Hall–Kier alpha value is -1.05. The number of rotatable bonds is 3. The van der Waals surface area contributed by atoms with Crippen LogP contribution in [0.15, 0.2) is 23.1 Å². The van der Waals surface area contributed by atoms with E-state index < -0.39 is 32.1 Å². The molecule has 1 aromatic carbocycles. The Morgan fingerprint density at radius 2 is 2.11 bits per heavy atom. The van der Waals surface area contributed by atoms with Crippen LogP contribution < -0.4 is 10.0 Å². The zero-order chi connectivity index (χ0) is 13.4. The molecule has 0 bridgehead atoms. The van der Waals surface area contributed by atoms with E-state index in [9.17, 15) is 17.2 Å². The molecule has 1 fully saturated rings. The Morgan fingerprint density at radius 3 is 2.67 bits per heavy atom. The maximum Gasteiger partial charge on any atom is 0.244 e. The lowest BCUT2D eigenvalue weighted by molar-refractivity contribution is 0.449. The van der Waals surface area contributed by atoms with Crippen molar-refractivity contribution in [1.82, 2.24) is 10.0 Å². The van der Waals surface area contributed by atoms with Crippen LogP contribution in [-0.4, -0.2) is 27.0 Å². The number of hydrogen-bond acceptors (Lipinski definition) is 3. The quantitative estimate of drug-likeness (QED) is 0.866. The molecule has 1 saturated heterocycles. The highest BCUT2D eigenvalue weighted by Crippen LogP contribution is 2.20. The lowest BCUT2D eigenvalue weighted by Gasteiger charge is -2.24.